The van der Waals surface area contributed by atoms with Crippen molar-refractivity contribution >= 4 is 16.6 Å². The smallest absolute Gasteiger partial charge is 0.278 e. The highest BCUT2D eigenvalue weighted by Crippen LogP contribution is 2.34. The maximum absolute atomic E-state index is 10.8. The number of H-pyrrole nitrogens is 1. The summed E-state index contributed by atoms with van der Waals surface area (Å²) in [6.07, 6.45) is 1.74. The van der Waals surface area contributed by atoms with E-state index in [4.69, 9.17) is 4.74 Å². The van der Waals surface area contributed by atoms with Gasteiger partial charge in [0.2, 0.25) is 0 Å². The minimum absolute atomic E-state index is 0.0711. The van der Waals surface area contributed by atoms with E-state index in [-0.39, 0.29) is 5.69 Å². The van der Waals surface area contributed by atoms with Crippen LogP contribution >= 0.6 is 0 Å². The van der Waals surface area contributed by atoms with E-state index in [1.807, 2.05) is 6.07 Å². The molecule has 0 bridgehead atoms. The number of methoxy groups -OCH3 is 1. The van der Waals surface area contributed by atoms with Crippen LogP contribution in [0.15, 0.2) is 18.3 Å². The molecule has 15 heavy (non-hydrogen) atoms. The number of nitrogens with zero attached hydrogens (tertiary/aromatic N) is 1. The Morgan fingerprint density at radius 3 is 2.87 bits per heavy atom. The maximum atomic E-state index is 10.8. The van der Waals surface area contributed by atoms with Crippen molar-refractivity contribution in [1.29, 1.82) is 0 Å². The molecule has 0 amide bonds. The van der Waals surface area contributed by atoms with Gasteiger partial charge in [-0.2, -0.15) is 0 Å². The summed E-state index contributed by atoms with van der Waals surface area (Å²) in [6.45, 7) is 1.72. The van der Waals surface area contributed by atoms with Gasteiger partial charge in [-0.15, -0.1) is 0 Å². The van der Waals surface area contributed by atoms with Gasteiger partial charge in [0.05, 0.1) is 29.2 Å². The number of aryl methyl sites for hydroxylation is 1. The third-order valence-electron chi connectivity index (χ3n) is 2.46. The fourth-order valence-electron chi connectivity index (χ4n) is 1.68. The lowest BCUT2D eigenvalue weighted by atomic mass is 10.1. The van der Waals surface area contributed by atoms with Crippen LogP contribution in [0.4, 0.5) is 5.69 Å². The molecule has 0 aliphatic rings. The number of nitro groups is 1. The van der Waals surface area contributed by atoms with Gasteiger partial charge < -0.3 is 9.72 Å². The molecule has 78 valence electrons. The fraction of sp³-hybridized carbons (Fsp3) is 0.200. The first kappa shape index (κ1) is 9.51. The van der Waals surface area contributed by atoms with E-state index in [9.17, 15) is 10.1 Å². The summed E-state index contributed by atoms with van der Waals surface area (Å²) in [5.41, 5.74) is 1.45. The van der Waals surface area contributed by atoms with Crippen LogP contribution in [0.2, 0.25) is 0 Å². The number of hydrogen-bond donors (Lipinski definition) is 1. The molecule has 5 heteroatoms. The molecule has 1 N–H and O–H groups in total. The minimum Gasteiger partial charge on any atom is -0.496 e. The number of aromatic amines is 1. The van der Waals surface area contributed by atoms with Crippen molar-refractivity contribution in [2.24, 2.45) is 0 Å². The lowest BCUT2D eigenvalue weighted by Gasteiger charge is -2.04. The second-order valence-electron chi connectivity index (χ2n) is 3.25. The maximum Gasteiger partial charge on any atom is 0.278 e. The molecule has 0 unspecified atom stereocenters. The molecule has 5 nitrogen and oxygen atoms in total. The number of ether oxygens (including phenoxy) is 1. The van der Waals surface area contributed by atoms with Crippen LogP contribution in [0.1, 0.15) is 5.56 Å². The van der Waals surface area contributed by atoms with Crippen molar-refractivity contribution in [3.05, 3.63) is 34.0 Å². The summed E-state index contributed by atoms with van der Waals surface area (Å²) in [6, 6.07) is 3.29. The van der Waals surface area contributed by atoms with Crippen LogP contribution in [0, 0.1) is 17.0 Å². The molecule has 2 rings (SSSR count). The predicted octanol–water partition coefficient (Wildman–Crippen LogP) is 2.39. The van der Waals surface area contributed by atoms with E-state index in [0.29, 0.717) is 11.3 Å². The van der Waals surface area contributed by atoms with Gasteiger partial charge in [-0.25, -0.2) is 0 Å². The van der Waals surface area contributed by atoms with Crippen molar-refractivity contribution in [1.82, 2.24) is 4.98 Å². The highest BCUT2D eigenvalue weighted by atomic mass is 16.6. The molecular weight excluding hydrogens is 196 g/mol. The third kappa shape index (κ3) is 1.32. The second-order valence-corrected chi connectivity index (χ2v) is 3.25. The van der Waals surface area contributed by atoms with Crippen molar-refractivity contribution in [2.75, 3.05) is 7.11 Å². The molecule has 1 heterocycles. The molecule has 1 aromatic heterocycles. The highest BCUT2D eigenvalue weighted by molar-refractivity contribution is 5.91. The first-order valence-electron chi connectivity index (χ1n) is 4.44. The van der Waals surface area contributed by atoms with Gasteiger partial charge in [-0.05, 0) is 13.0 Å². The van der Waals surface area contributed by atoms with Crippen molar-refractivity contribution in [3.8, 4) is 5.75 Å². The average Bonchev–Trinajstić information content (AvgIpc) is 2.67. The number of benzene rings is 1. The normalized spacial score (nSPS) is 10.5. The van der Waals surface area contributed by atoms with Gasteiger partial charge in [0.25, 0.3) is 5.69 Å². The lowest BCUT2D eigenvalue weighted by molar-refractivity contribution is -0.385. The molecule has 0 spiro atoms. The molecule has 0 saturated heterocycles. The highest BCUT2D eigenvalue weighted by Gasteiger charge is 2.17. The Kier molecular flexibility index (Phi) is 2.07. The van der Waals surface area contributed by atoms with Crippen LogP contribution in [0.25, 0.3) is 10.9 Å². The Hall–Kier alpha value is -2.04. The predicted molar refractivity (Wildman–Crippen MR) is 56.2 cm³/mol. The number of hydrogen-bond acceptors (Lipinski definition) is 3. The Morgan fingerprint density at radius 1 is 1.53 bits per heavy atom. The summed E-state index contributed by atoms with van der Waals surface area (Å²) in [5, 5.41) is 11.7. The SMILES string of the molecule is COc1cc([N+](=O)[O-])c(C)c2[nH]ccc12. The van der Waals surface area contributed by atoms with Crippen LogP contribution in [0.5, 0.6) is 5.75 Å². The molecular formula is C10H10N2O3. The molecule has 0 saturated carbocycles. The number of rotatable bonds is 2. The third-order valence-corrected chi connectivity index (χ3v) is 2.46. The number of aromatic nitrogens is 1. The molecule has 0 atom stereocenters. The van der Waals surface area contributed by atoms with E-state index >= 15 is 0 Å². The van der Waals surface area contributed by atoms with Gasteiger partial charge in [-0.3, -0.25) is 10.1 Å². The van der Waals surface area contributed by atoms with Gasteiger partial charge in [-0.1, -0.05) is 0 Å². The fourth-order valence-corrected chi connectivity index (χ4v) is 1.68. The largest absolute Gasteiger partial charge is 0.496 e. The molecule has 0 aliphatic carbocycles. The van der Waals surface area contributed by atoms with E-state index in [2.05, 4.69) is 4.98 Å². The number of nitro benzene ring substituents is 1. The second kappa shape index (κ2) is 3.27. The summed E-state index contributed by atoms with van der Waals surface area (Å²) in [7, 11) is 1.50. The van der Waals surface area contributed by atoms with E-state index in [1.54, 1.807) is 13.1 Å². The summed E-state index contributed by atoms with van der Waals surface area (Å²) in [5.74, 6) is 0.517. The molecule has 0 fully saturated rings. The Labute approximate surface area is 85.8 Å². The summed E-state index contributed by atoms with van der Waals surface area (Å²) < 4.78 is 5.11. The van der Waals surface area contributed by atoms with Gasteiger partial charge in [0.15, 0.2) is 0 Å². The monoisotopic (exact) mass is 206 g/mol. The number of fused-ring (bicyclic) bond motifs is 1. The Morgan fingerprint density at radius 2 is 2.27 bits per heavy atom. The standard InChI is InChI=1S/C10H10N2O3/c1-6-8(12(13)14)5-9(15-2)7-3-4-11-10(6)7/h3-5,11H,1-2H3. The average molecular weight is 206 g/mol. The Bertz CT molecular complexity index is 531. The lowest BCUT2D eigenvalue weighted by Crippen LogP contribution is -1.94. The van der Waals surface area contributed by atoms with Crippen LogP contribution in [0.3, 0.4) is 0 Å². The number of nitrogens with one attached hydrogen (secondary N) is 1. The molecule has 0 aliphatic heterocycles. The van der Waals surface area contributed by atoms with Crippen LogP contribution < -0.4 is 4.74 Å². The van der Waals surface area contributed by atoms with Gasteiger partial charge >= 0.3 is 0 Å². The van der Waals surface area contributed by atoms with Crippen LogP contribution in [-0.4, -0.2) is 17.0 Å². The van der Waals surface area contributed by atoms with Gasteiger partial charge in [0, 0.05) is 11.6 Å². The van der Waals surface area contributed by atoms with Crippen molar-refractivity contribution < 1.29 is 9.66 Å². The quantitative estimate of drug-likeness (QED) is 0.605. The van der Waals surface area contributed by atoms with E-state index in [0.717, 1.165) is 10.9 Å². The first-order valence-corrected chi connectivity index (χ1v) is 4.44. The Balaban J connectivity index is 2.84. The van der Waals surface area contributed by atoms with Crippen molar-refractivity contribution in [3.63, 3.8) is 0 Å². The molecule has 2 aromatic rings. The van der Waals surface area contributed by atoms with Crippen molar-refractivity contribution in [2.45, 2.75) is 6.92 Å². The molecule has 1 aromatic carbocycles. The van der Waals surface area contributed by atoms with E-state index in [1.165, 1.54) is 13.2 Å². The van der Waals surface area contributed by atoms with E-state index < -0.39 is 4.92 Å². The van der Waals surface area contributed by atoms with Crippen LogP contribution in [-0.2, 0) is 0 Å². The molecule has 0 radical (unpaired) electrons. The topological polar surface area (TPSA) is 68.2 Å². The first-order chi connectivity index (χ1) is 7.15. The zero-order valence-electron chi connectivity index (χ0n) is 8.40. The minimum atomic E-state index is -0.405. The van der Waals surface area contributed by atoms with Gasteiger partial charge in [0.1, 0.15) is 5.75 Å². The summed E-state index contributed by atoms with van der Waals surface area (Å²) in [4.78, 5) is 13.4. The zero-order valence-corrected chi connectivity index (χ0v) is 8.40. The zero-order chi connectivity index (χ0) is 11.0. The summed E-state index contributed by atoms with van der Waals surface area (Å²) >= 11 is 0.